The summed E-state index contributed by atoms with van der Waals surface area (Å²) in [7, 11) is -3.21. The summed E-state index contributed by atoms with van der Waals surface area (Å²) in [4.78, 5) is 0.462. The quantitative estimate of drug-likeness (QED) is 0.840. The van der Waals surface area contributed by atoms with Gasteiger partial charge in [0.25, 0.3) is 0 Å². The lowest BCUT2D eigenvalue weighted by Crippen LogP contribution is -2.41. The number of nitrogens with one attached hydrogen (secondary N) is 1. The molecule has 4 heteroatoms. The van der Waals surface area contributed by atoms with Crippen molar-refractivity contribution in [2.75, 3.05) is 12.3 Å². The highest BCUT2D eigenvalue weighted by atomic mass is 32.2. The first-order valence-electron chi connectivity index (χ1n) is 8.05. The van der Waals surface area contributed by atoms with Gasteiger partial charge in [-0.3, -0.25) is 0 Å². The van der Waals surface area contributed by atoms with E-state index >= 15 is 0 Å². The zero-order valence-electron chi connectivity index (χ0n) is 13.1. The van der Waals surface area contributed by atoms with E-state index in [1.165, 1.54) is 12.8 Å². The van der Waals surface area contributed by atoms with Crippen LogP contribution in [0.1, 0.15) is 44.6 Å². The first-order chi connectivity index (χ1) is 10.0. The van der Waals surface area contributed by atoms with E-state index in [-0.39, 0.29) is 11.8 Å². The van der Waals surface area contributed by atoms with Crippen molar-refractivity contribution in [2.24, 2.45) is 5.92 Å². The Balaban J connectivity index is 2.13. The van der Waals surface area contributed by atoms with Gasteiger partial charge in [0.15, 0.2) is 9.84 Å². The van der Waals surface area contributed by atoms with Crippen molar-refractivity contribution < 1.29 is 8.42 Å². The van der Waals surface area contributed by atoms with Crippen molar-refractivity contribution in [2.45, 2.75) is 56.9 Å². The Morgan fingerprint density at radius 3 is 2.62 bits per heavy atom. The van der Waals surface area contributed by atoms with Crippen LogP contribution in [0.3, 0.4) is 0 Å². The summed E-state index contributed by atoms with van der Waals surface area (Å²) in [6, 6.07) is 7.35. The minimum absolute atomic E-state index is 0.0953. The number of hydrogen-bond acceptors (Lipinski definition) is 3. The van der Waals surface area contributed by atoms with Crippen LogP contribution in [0, 0.1) is 12.8 Å². The third-order valence-corrected chi connectivity index (χ3v) is 6.14. The number of hydrogen-bond donors (Lipinski definition) is 1. The fourth-order valence-corrected chi connectivity index (χ4v) is 4.90. The van der Waals surface area contributed by atoms with Crippen LogP contribution in [0.5, 0.6) is 0 Å². The molecular weight excluding hydrogens is 282 g/mol. The Bertz CT molecular complexity index is 548. The highest BCUT2D eigenvalue weighted by Crippen LogP contribution is 2.29. The summed E-state index contributed by atoms with van der Waals surface area (Å²) in [5.41, 5.74) is 0.995. The van der Waals surface area contributed by atoms with Gasteiger partial charge in [-0.1, -0.05) is 31.9 Å². The largest absolute Gasteiger partial charge is 0.313 e. The number of sulfone groups is 1. The summed E-state index contributed by atoms with van der Waals surface area (Å²) in [6.45, 7) is 4.95. The predicted octanol–water partition coefficient (Wildman–Crippen LogP) is 3.33. The molecule has 0 aromatic heterocycles. The minimum atomic E-state index is -3.21. The molecule has 0 bridgehead atoms. The van der Waals surface area contributed by atoms with Crippen LogP contribution in [0.4, 0.5) is 0 Å². The van der Waals surface area contributed by atoms with Crippen molar-refractivity contribution in [1.82, 2.24) is 5.32 Å². The molecule has 1 N–H and O–H groups in total. The molecule has 1 unspecified atom stereocenters. The molecular formula is C17H27NO2S. The standard InChI is InChI=1S/C17H27NO2S/c1-3-11-18-17(15-8-4-5-9-15)13-21(19,20)16-10-6-7-14(2)12-16/h6-7,10,12,15,17-18H,3-5,8-9,11,13H2,1-2H3. The maximum absolute atomic E-state index is 12.7. The second-order valence-electron chi connectivity index (χ2n) is 6.20. The Hall–Kier alpha value is -0.870. The highest BCUT2D eigenvalue weighted by Gasteiger charge is 2.29. The smallest absolute Gasteiger partial charge is 0.179 e. The maximum atomic E-state index is 12.7. The van der Waals surface area contributed by atoms with E-state index < -0.39 is 9.84 Å². The van der Waals surface area contributed by atoms with E-state index in [1.54, 1.807) is 12.1 Å². The zero-order chi connectivity index (χ0) is 15.3. The van der Waals surface area contributed by atoms with E-state index in [0.717, 1.165) is 31.4 Å². The Morgan fingerprint density at radius 2 is 2.00 bits per heavy atom. The van der Waals surface area contributed by atoms with Crippen LogP contribution < -0.4 is 5.32 Å². The molecule has 1 saturated carbocycles. The molecule has 2 rings (SSSR count). The van der Waals surface area contributed by atoms with E-state index in [9.17, 15) is 8.42 Å². The van der Waals surface area contributed by atoms with Crippen LogP contribution in [0.2, 0.25) is 0 Å². The van der Waals surface area contributed by atoms with Gasteiger partial charge < -0.3 is 5.32 Å². The lowest BCUT2D eigenvalue weighted by atomic mass is 10.00. The molecule has 0 spiro atoms. The first kappa shape index (κ1) is 16.5. The summed E-state index contributed by atoms with van der Waals surface area (Å²) in [5.74, 6) is 0.734. The third kappa shape index (κ3) is 4.55. The number of benzene rings is 1. The minimum Gasteiger partial charge on any atom is -0.313 e. The Morgan fingerprint density at radius 1 is 1.29 bits per heavy atom. The number of aryl methyl sites for hydroxylation is 1. The normalized spacial score (nSPS) is 18.0. The molecule has 3 nitrogen and oxygen atoms in total. The van der Waals surface area contributed by atoms with Crippen LogP contribution in [0.25, 0.3) is 0 Å². The molecule has 1 aliphatic carbocycles. The van der Waals surface area contributed by atoms with Gasteiger partial charge in [-0.2, -0.15) is 0 Å². The van der Waals surface area contributed by atoms with E-state index in [2.05, 4.69) is 12.2 Å². The van der Waals surface area contributed by atoms with Gasteiger partial charge in [-0.25, -0.2) is 8.42 Å². The van der Waals surface area contributed by atoms with Gasteiger partial charge in [-0.05, 0) is 56.3 Å². The van der Waals surface area contributed by atoms with E-state index in [4.69, 9.17) is 0 Å². The van der Waals surface area contributed by atoms with Crippen LogP contribution in [-0.4, -0.2) is 26.8 Å². The maximum Gasteiger partial charge on any atom is 0.179 e. The lowest BCUT2D eigenvalue weighted by Gasteiger charge is -2.24. The zero-order valence-corrected chi connectivity index (χ0v) is 14.0. The molecule has 1 fully saturated rings. The molecule has 1 aromatic carbocycles. The number of rotatable bonds is 7. The Kier molecular flexibility index (Phi) is 5.82. The summed E-state index contributed by atoms with van der Waals surface area (Å²) in [5, 5.41) is 3.47. The molecule has 0 amide bonds. The van der Waals surface area contributed by atoms with Crippen molar-refractivity contribution in [3.05, 3.63) is 29.8 Å². The molecule has 118 valence electrons. The van der Waals surface area contributed by atoms with Gasteiger partial charge in [0, 0.05) is 6.04 Å². The van der Waals surface area contributed by atoms with Gasteiger partial charge in [0.1, 0.15) is 0 Å². The molecule has 1 atom stereocenters. The molecule has 0 saturated heterocycles. The fraction of sp³-hybridized carbons (Fsp3) is 0.647. The molecule has 0 heterocycles. The summed E-state index contributed by atoms with van der Waals surface area (Å²) < 4.78 is 25.3. The van der Waals surface area contributed by atoms with Gasteiger partial charge >= 0.3 is 0 Å². The average Bonchev–Trinajstić information content (AvgIpc) is 2.97. The van der Waals surface area contributed by atoms with E-state index in [1.807, 2.05) is 19.1 Å². The van der Waals surface area contributed by atoms with Crippen molar-refractivity contribution in [1.29, 1.82) is 0 Å². The molecule has 21 heavy (non-hydrogen) atoms. The third-order valence-electron chi connectivity index (χ3n) is 4.37. The van der Waals surface area contributed by atoms with Crippen molar-refractivity contribution in [3.63, 3.8) is 0 Å². The molecule has 1 aliphatic rings. The molecule has 0 radical (unpaired) electrons. The highest BCUT2D eigenvalue weighted by molar-refractivity contribution is 7.91. The van der Waals surface area contributed by atoms with Crippen LogP contribution >= 0.6 is 0 Å². The van der Waals surface area contributed by atoms with Crippen molar-refractivity contribution in [3.8, 4) is 0 Å². The molecule has 1 aromatic rings. The topological polar surface area (TPSA) is 46.2 Å². The monoisotopic (exact) mass is 309 g/mol. The fourth-order valence-electron chi connectivity index (χ4n) is 3.19. The van der Waals surface area contributed by atoms with Gasteiger partial charge in [-0.15, -0.1) is 0 Å². The van der Waals surface area contributed by atoms with Crippen LogP contribution in [0.15, 0.2) is 29.2 Å². The second-order valence-corrected chi connectivity index (χ2v) is 8.24. The average molecular weight is 309 g/mol. The lowest BCUT2D eigenvalue weighted by molar-refractivity contribution is 0.382. The second kappa shape index (κ2) is 7.41. The van der Waals surface area contributed by atoms with E-state index in [0.29, 0.717) is 10.8 Å². The molecule has 0 aliphatic heterocycles. The first-order valence-corrected chi connectivity index (χ1v) is 9.71. The van der Waals surface area contributed by atoms with Crippen molar-refractivity contribution >= 4 is 9.84 Å². The van der Waals surface area contributed by atoms with Crippen LogP contribution in [-0.2, 0) is 9.84 Å². The summed E-state index contributed by atoms with van der Waals surface area (Å²) >= 11 is 0. The predicted molar refractivity (Wildman–Crippen MR) is 87.3 cm³/mol. The SMILES string of the molecule is CCCNC(CS(=O)(=O)c1cccc(C)c1)C1CCCC1. The van der Waals surface area contributed by atoms with Gasteiger partial charge in [0.2, 0.25) is 0 Å². The summed E-state index contributed by atoms with van der Waals surface area (Å²) in [6.07, 6.45) is 5.82. The van der Waals surface area contributed by atoms with Gasteiger partial charge in [0.05, 0.1) is 10.6 Å². The Labute approximate surface area is 129 Å².